The summed E-state index contributed by atoms with van der Waals surface area (Å²) in [5, 5.41) is 9.91. The molecule has 4 heterocycles. The summed E-state index contributed by atoms with van der Waals surface area (Å²) < 4.78 is 15.4. The van der Waals surface area contributed by atoms with Gasteiger partial charge in [0.2, 0.25) is 4.96 Å². The van der Waals surface area contributed by atoms with Gasteiger partial charge in [-0.15, -0.1) is 5.10 Å². The zero-order valence-corrected chi connectivity index (χ0v) is 21.3. The van der Waals surface area contributed by atoms with E-state index in [9.17, 15) is 4.79 Å². The second-order valence-electron chi connectivity index (χ2n) is 8.66. The third-order valence-electron chi connectivity index (χ3n) is 6.16. The van der Waals surface area contributed by atoms with Crippen LogP contribution in [0.3, 0.4) is 0 Å². The summed E-state index contributed by atoms with van der Waals surface area (Å²) in [5.74, 6) is 1.72. The predicted molar refractivity (Wildman–Crippen MR) is 145 cm³/mol. The van der Waals surface area contributed by atoms with E-state index in [4.69, 9.17) is 26.2 Å². The van der Waals surface area contributed by atoms with Crippen LogP contribution in [0, 0.1) is 0 Å². The van der Waals surface area contributed by atoms with Crippen LogP contribution in [0.2, 0.25) is 5.02 Å². The Morgan fingerprint density at radius 2 is 1.71 bits per heavy atom. The summed E-state index contributed by atoms with van der Waals surface area (Å²) in [7, 11) is 0. The quantitative estimate of drug-likeness (QED) is 0.322. The molecule has 0 fully saturated rings. The van der Waals surface area contributed by atoms with Gasteiger partial charge in [0.05, 0.1) is 10.2 Å². The van der Waals surface area contributed by atoms with Gasteiger partial charge in [0.25, 0.3) is 5.56 Å². The van der Waals surface area contributed by atoms with Gasteiger partial charge in [0.1, 0.15) is 12.3 Å². The molecule has 3 aromatic heterocycles. The first-order valence-electron chi connectivity index (χ1n) is 11.8. The van der Waals surface area contributed by atoms with E-state index in [1.54, 1.807) is 4.68 Å². The van der Waals surface area contributed by atoms with Crippen molar-refractivity contribution in [1.29, 1.82) is 0 Å². The summed E-state index contributed by atoms with van der Waals surface area (Å²) in [6, 6.07) is 24.7. The number of halogens is 1. The Balaban J connectivity index is 1.29. The maximum atomic E-state index is 13.3. The van der Waals surface area contributed by atoms with Crippen LogP contribution >= 0.6 is 22.9 Å². The Hall–Kier alpha value is -4.47. The first-order valence-corrected chi connectivity index (χ1v) is 13.0. The smallest absolute Gasteiger partial charge is 0.291 e. The van der Waals surface area contributed by atoms with Crippen molar-refractivity contribution in [3.63, 3.8) is 0 Å². The Labute approximate surface area is 225 Å². The molecule has 8 nitrogen and oxygen atoms in total. The van der Waals surface area contributed by atoms with Crippen molar-refractivity contribution in [3.05, 3.63) is 116 Å². The van der Waals surface area contributed by atoms with E-state index in [0.29, 0.717) is 31.8 Å². The number of aromatic nitrogens is 5. The molecule has 0 saturated carbocycles. The number of rotatable bonds is 4. The minimum Gasteiger partial charge on any atom is -0.485 e. The lowest BCUT2D eigenvalue weighted by molar-refractivity contribution is 0.0852. The first kappa shape index (κ1) is 22.7. The SMILES string of the molecule is O=c1/c(=C/c2cn(-c3ccccc3)nc2-c2ccc(Cl)cc2)sc2nc(C3COc4ccccc4O3)nn12. The van der Waals surface area contributed by atoms with Crippen molar-refractivity contribution < 1.29 is 9.47 Å². The molecule has 186 valence electrons. The molecule has 0 bridgehead atoms. The van der Waals surface area contributed by atoms with E-state index >= 15 is 0 Å². The molecule has 1 aliphatic rings. The third kappa shape index (κ3) is 4.02. The third-order valence-corrected chi connectivity index (χ3v) is 7.37. The predicted octanol–water partition coefficient (Wildman–Crippen LogP) is 4.72. The van der Waals surface area contributed by atoms with Crippen molar-refractivity contribution in [2.75, 3.05) is 6.61 Å². The van der Waals surface area contributed by atoms with Gasteiger partial charge in [-0.1, -0.05) is 65.4 Å². The van der Waals surface area contributed by atoms with Crippen molar-refractivity contribution in [1.82, 2.24) is 24.4 Å². The molecule has 0 saturated heterocycles. The van der Waals surface area contributed by atoms with Crippen LogP contribution in [-0.4, -0.2) is 31.0 Å². The molecule has 7 rings (SSSR count). The van der Waals surface area contributed by atoms with E-state index in [1.807, 2.05) is 91.1 Å². The van der Waals surface area contributed by atoms with Gasteiger partial charge >= 0.3 is 0 Å². The molecule has 0 amide bonds. The molecule has 1 aliphatic heterocycles. The van der Waals surface area contributed by atoms with Gasteiger partial charge in [-0.25, -0.2) is 4.68 Å². The number of thiazole rings is 1. The summed E-state index contributed by atoms with van der Waals surface area (Å²) in [4.78, 5) is 18.4. The van der Waals surface area contributed by atoms with E-state index in [0.717, 1.165) is 22.5 Å². The zero-order chi connectivity index (χ0) is 25.6. The van der Waals surface area contributed by atoms with Crippen LogP contribution in [0.15, 0.2) is 89.9 Å². The number of ether oxygens (including phenoxy) is 2. The van der Waals surface area contributed by atoms with Gasteiger partial charge in [-0.3, -0.25) is 4.79 Å². The molecule has 3 aromatic carbocycles. The fourth-order valence-electron chi connectivity index (χ4n) is 4.31. The molecule has 38 heavy (non-hydrogen) atoms. The summed E-state index contributed by atoms with van der Waals surface area (Å²) in [5.41, 5.74) is 3.07. The minimum absolute atomic E-state index is 0.254. The molecule has 6 aromatic rings. The van der Waals surface area contributed by atoms with Crippen LogP contribution in [0.25, 0.3) is 28.0 Å². The number of para-hydroxylation sites is 3. The monoisotopic (exact) mass is 539 g/mol. The molecule has 0 spiro atoms. The normalized spacial score (nSPS) is 15.3. The van der Waals surface area contributed by atoms with Crippen LogP contribution in [0.4, 0.5) is 0 Å². The second-order valence-corrected chi connectivity index (χ2v) is 10.1. The number of fused-ring (bicyclic) bond motifs is 2. The lowest BCUT2D eigenvalue weighted by Gasteiger charge is -2.24. The van der Waals surface area contributed by atoms with Gasteiger partial charge in [0, 0.05) is 22.3 Å². The highest BCUT2D eigenvalue weighted by Gasteiger charge is 2.27. The Kier molecular flexibility index (Phi) is 5.45. The molecule has 0 N–H and O–H groups in total. The topological polar surface area (TPSA) is 83.5 Å². The number of benzene rings is 3. The van der Waals surface area contributed by atoms with Crippen LogP contribution in [0.1, 0.15) is 17.5 Å². The van der Waals surface area contributed by atoms with Crippen LogP contribution in [0.5, 0.6) is 11.5 Å². The number of nitrogens with zero attached hydrogens (tertiary/aromatic N) is 5. The van der Waals surface area contributed by atoms with Crippen molar-refractivity contribution in [2.24, 2.45) is 0 Å². The van der Waals surface area contributed by atoms with Crippen molar-refractivity contribution in [2.45, 2.75) is 6.10 Å². The zero-order valence-electron chi connectivity index (χ0n) is 19.7. The van der Waals surface area contributed by atoms with E-state index in [-0.39, 0.29) is 12.2 Å². The first-order chi connectivity index (χ1) is 18.6. The molecular formula is C28H18ClN5O3S. The molecule has 10 heteroatoms. The highest BCUT2D eigenvalue weighted by Crippen LogP contribution is 2.35. The lowest BCUT2D eigenvalue weighted by atomic mass is 10.1. The largest absolute Gasteiger partial charge is 0.485 e. The fourth-order valence-corrected chi connectivity index (χ4v) is 5.34. The standard InChI is InChI=1S/C28H18ClN5O3S/c29-19-12-10-17(11-13-19)25-18(15-33(31-25)20-6-2-1-3-7-20)14-24-27(35)34-28(38-24)30-26(32-34)23-16-36-21-8-4-5-9-22(21)37-23/h1-15,23H,16H2/b24-14-. The molecular weight excluding hydrogens is 522 g/mol. The summed E-state index contributed by atoms with van der Waals surface area (Å²) in [6.45, 7) is 0.269. The lowest BCUT2D eigenvalue weighted by Crippen LogP contribution is -2.26. The maximum absolute atomic E-state index is 13.3. The highest BCUT2D eigenvalue weighted by atomic mass is 35.5. The fraction of sp³-hybridized carbons (Fsp3) is 0.0714. The van der Waals surface area contributed by atoms with E-state index in [2.05, 4.69) is 10.1 Å². The van der Waals surface area contributed by atoms with Gasteiger partial charge < -0.3 is 9.47 Å². The van der Waals surface area contributed by atoms with E-state index < -0.39 is 6.10 Å². The van der Waals surface area contributed by atoms with Crippen molar-refractivity contribution in [3.8, 4) is 28.4 Å². The Morgan fingerprint density at radius 1 is 0.947 bits per heavy atom. The molecule has 0 radical (unpaired) electrons. The number of hydrogen-bond acceptors (Lipinski definition) is 7. The molecule has 1 unspecified atom stereocenters. The second kappa shape index (κ2) is 9.13. The van der Waals surface area contributed by atoms with Crippen LogP contribution < -0.4 is 19.6 Å². The Morgan fingerprint density at radius 3 is 2.50 bits per heavy atom. The summed E-state index contributed by atoms with van der Waals surface area (Å²) in [6.07, 6.45) is 3.24. The van der Waals surface area contributed by atoms with Gasteiger partial charge in [0.15, 0.2) is 23.4 Å². The Bertz CT molecular complexity index is 1900. The molecule has 0 aliphatic carbocycles. The summed E-state index contributed by atoms with van der Waals surface area (Å²) >= 11 is 7.38. The van der Waals surface area contributed by atoms with Gasteiger partial charge in [-0.2, -0.15) is 14.6 Å². The van der Waals surface area contributed by atoms with Gasteiger partial charge in [-0.05, 0) is 42.5 Å². The number of hydrogen-bond donors (Lipinski definition) is 0. The average Bonchev–Trinajstić information content (AvgIpc) is 3.64. The maximum Gasteiger partial charge on any atom is 0.291 e. The van der Waals surface area contributed by atoms with Crippen LogP contribution in [-0.2, 0) is 0 Å². The highest BCUT2D eigenvalue weighted by molar-refractivity contribution is 7.15. The minimum atomic E-state index is -0.496. The average molecular weight is 540 g/mol. The molecule has 1 atom stereocenters. The van der Waals surface area contributed by atoms with E-state index in [1.165, 1.54) is 15.9 Å². The van der Waals surface area contributed by atoms with Crippen molar-refractivity contribution >= 4 is 34.0 Å².